The van der Waals surface area contributed by atoms with Crippen molar-refractivity contribution in [1.82, 2.24) is 0 Å². The van der Waals surface area contributed by atoms with Crippen molar-refractivity contribution in [1.29, 1.82) is 0 Å². The fraction of sp³-hybridized carbons (Fsp3) is 0.120. The number of aryl methyl sites for hydroxylation is 1. The maximum atomic E-state index is 12.3. The van der Waals surface area contributed by atoms with Crippen molar-refractivity contribution in [3.63, 3.8) is 0 Å². The van der Waals surface area contributed by atoms with E-state index >= 15 is 0 Å². The van der Waals surface area contributed by atoms with Crippen LogP contribution >= 0.6 is 0 Å². The van der Waals surface area contributed by atoms with Gasteiger partial charge in [0.05, 0.1) is 7.11 Å². The van der Waals surface area contributed by atoms with Crippen molar-refractivity contribution < 1.29 is 19.0 Å². The standard InChI is InChI=1S/C25H21NO4/c1-17-8-6-7-11-20(17)24-26-21(25(27)30-24)14-19-12-13-22(23(15-19)28-2)29-16-18-9-4-3-5-10-18/h3-15H,16H2,1-2H3/b21-14-. The first-order valence-electron chi connectivity index (χ1n) is 9.57. The maximum Gasteiger partial charge on any atom is 0.363 e. The SMILES string of the molecule is COc1cc(/C=C2\N=C(c3ccccc3C)OC2=O)ccc1OCc1ccccc1. The lowest BCUT2D eigenvalue weighted by atomic mass is 10.1. The second-order valence-corrected chi connectivity index (χ2v) is 6.84. The normalized spacial score (nSPS) is 14.4. The van der Waals surface area contributed by atoms with E-state index in [1.165, 1.54) is 0 Å². The molecule has 3 aromatic carbocycles. The van der Waals surface area contributed by atoms with Crippen LogP contribution in [0.4, 0.5) is 0 Å². The van der Waals surface area contributed by atoms with Crippen LogP contribution in [0.15, 0.2) is 83.5 Å². The summed E-state index contributed by atoms with van der Waals surface area (Å²) in [7, 11) is 1.58. The van der Waals surface area contributed by atoms with Gasteiger partial charge in [-0.25, -0.2) is 9.79 Å². The molecule has 1 aliphatic rings. The number of methoxy groups -OCH3 is 1. The molecular formula is C25H21NO4. The first-order chi connectivity index (χ1) is 14.6. The largest absolute Gasteiger partial charge is 0.493 e. The summed E-state index contributed by atoms with van der Waals surface area (Å²) in [5, 5.41) is 0. The summed E-state index contributed by atoms with van der Waals surface area (Å²) < 4.78 is 16.7. The van der Waals surface area contributed by atoms with Gasteiger partial charge in [-0.05, 0) is 47.9 Å². The van der Waals surface area contributed by atoms with Gasteiger partial charge < -0.3 is 14.2 Å². The maximum absolute atomic E-state index is 12.3. The Morgan fingerprint density at radius 3 is 2.50 bits per heavy atom. The molecule has 3 aromatic rings. The van der Waals surface area contributed by atoms with Crippen LogP contribution in [0.5, 0.6) is 11.5 Å². The summed E-state index contributed by atoms with van der Waals surface area (Å²) in [5.74, 6) is 1.05. The molecule has 0 aromatic heterocycles. The molecule has 5 nitrogen and oxygen atoms in total. The highest BCUT2D eigenvalue weighted by atomic mass is 16.6. The van der Waals surface area contributed by atoms with E-state index in [2.05, 4.69) is 4.99 Å². The number of carbonyl (C=O) groups excluding carboxylic acids is 1. The first-order valence-corrected chi connectivity index (χ1v) is 9.57. The Balaban J connectivity index is 1.56. The predicted octanol–water partition coefficient (Wildman–Crippen LogP) is 4.93. The van der Waals surface area contributed by atoms with Crippen LogP contribution in [0, 0.1) is 6.92 Å². The summed E-state index contributed by atoms with van der Waals surface area (Å²) in [6.07, 6.45) is 1.68. The molecule has 0 saturated heterocycles. The van der Waals surface area contributed by atoms with Crippen molar-refractivity contribution in [3.05, 3.63) is 101 Å². The van der Waals surface area contributed by atoms with Crippen molar-refractivity contribution in [2.75, 3.05) is 7.11 Å². The van der Waals surface area contributed by atoms with E-state index in [0.717, 1.165) is 22.3 Å². The van der Waals surface area contributed by atoms with E-state index < -0.39 is 5.97 Å². The monoisotopic (exact) mass is 399 g/mol. The number of benzene rings is 3. The molecule has 150 valence electrons. The number of esters is 1. The van der Waals surface area contributed by atoms with Crippen LogP contribution in [0.3, 0.4) is 0 Å². The second-order valence-electron chi connectivity index (χ2n) is 6.84. The molecule has 0 spiro atoms. The molecular weight excluding hydrogens is 378 g/mol. The van der Waals surface area contributed by atoms with Gasteiger partial charge in [0.25, 0.3) is 0 Å². The highest BCUT2D eigenvalue weighted by molar-refractivity contribution is 6.13. The zero-order valence-corrected chi connectivity index (χ0v) is 16.8. The zero-order valence-electron chi connectivity index (χ0n) is 16.8. The molecule has 0 fully saturated rings. The van der Waals surface area contributed by atoms with Crippen LogP contribution in [-0.2, 0) is 16.1 Å². The third-order valence-corrected chi connectivity index (χ3v) is 4.72. The number of carbonyl (C=O) groups is 1. The van der Waals surface area contributed by atoms with Gasteiger partial charge in [-0.1, -0.05) is 54.6 Å². The number of rotatable bonds is 6. The second kappa shape index (κ2) is 8.66. The molecule has 1 heterocycles. The number of ether oxygens (including phenoxy) is 3. The Morgan fingerprint density at radius 2 is 1.73 bits per heavy atom. The van der Waals surface area contributed by atoms with E-state index in [1.807, 2.05) is 79.7 Å². The van der Waals surface area contributed by atoms with Gasteiger partial charge >= 0.3 is 5.97 Å². The van der Waals surface area contributed by atoms with Crippen LogP contribution < -0.4 is 9.47 Å². The minimum Gasteiger partial charge on any atom is -0.493 e. The minimum atomic E-state index is -0.475. The van der Waals surface area contributed by atoms with Gasteiger partial charge in [-0.15, -0.1) is 0 Å². The molecule has 0 saturated carbocycles. The van der Waals surface area contributed by atoms with Crippen LogP contribution in [-0.4, -0.2) is 19.0 Å². The molecule has 1 aliphatic heterocycles. The Labute approximate surface area is 175 Å². The average Bonchev–Trinajstić information content (AvgIpc) is 3.13. The van der Waals surface area contributed by atoms with E-state index in [1.54, 1.807) is 13.2 Å². The molecule has 0 atom stereocenters. The van der Waals surface area contributed by atoms with Gasteiger partial charge in [-0.2, -0.15) is 0 Å². The van der Waals surface area contributed by atoms with Gasteiger partial charge in [0.15, 0.2) is 17.2 Å². The van der Waals surface area contributed by atoms with Crippen LogP contribution in [0.1, 0.15) is 22.3 Å². The van der Waals surface area contributed by atoms with Gasteiger partial charge in [0.1, 0.15) is 6.61 Å². The lowest BCUT2D eigenvalue weighted by Crippen LogP contribution is -2.06. The summed E-state index contributed by atoms with van der Waals surface area (Å²) in [4.78, 5) is 16.7. The van der Waals surface area contributed by atoms with E-state index in [4.69, 9.17) is 14.2 Å². The topological polar surface area (TPSA) is 57.1 Å². The zero-order chi connectivity index (χ0) is 20.9. The van der Waals surface area contributed by atoms with Gasteiger partial charge in [0.2, 0.25) is 5.90 Å². The third kappa shape index (κ3) is 4.25. The minimum absolute atomic E-state index is 0.244. The Kier molecular flexibility index (Phi) is 5.61. The first kappa shape index (κ1) is 19.5. The molecule has 0 bridgehead atoms. The summed E-state index contributed by atoms with van der Waals surface area (Å²) in [5.41, 5.74) is 3.87. The Bertz CT molecular complexity index is 1130. The van der Waals surface area contributed by atoms with Gasteiger partial charge in [0, 0.05) is 5.56 Å². The molecule has 0 unspecified atom stereocenters. The van der Waals surface area contributed by atoms with Crippen molar-refractivity contribution in [3.8, 4) is 11.5 Å². The predicted molar refractivity (Wildman–Crippen MR) is 116 cm³/mol. The molecule has 4 rings (SSSR count). The molecule has 30 heavy (non-hydrogen) atoms. The summed E-state index contributed by atoms with van der Waals surface area (Å²) in [6.45, 7) is 2.39. The molecule has 0 aliphatic carbocycles. The average molecular weight is 399 g/mol. The smallest absolute Gasteiger partial charge is 0.363 e. The number of hydrogen-bond donors (Lipinski definition) is 0. The van der Waals surface area contributed by atoms with Crippen LogP contribution in [0.2, 0.25) is 0 Å². The number of hydrogen-bond acceptors (Lipinski definition) is 5. The highest BCUT2D eigenvalue weighted by Crippen LogP contribution is 2.30. The van der Waals surface area contributed by atoms with E-state index in [9.17, 15) is 4.79 Å². The molecule has 0 amide bonds. The van der Waals surface area contributed by atoms with Crippen LogP contribution in [0.25, 0.3) is 6.08 Å². The summed E-state index contributed by atoms with van der Waals surface area (Å²) in [6, 6.07) is 23.0. The molecule has 5 heteroatoms. The quantitative estimate of drug-likeness (QED) is 0.436. The lowest BCUT2D eigenvalue weighted by molar-refractivity contribution is -0.129. The fourth-order valence-corrected chi connectivity index (χ4v) is 3.12. The molecule has 0 N–H and O–H groups in total. The highest BCUT2D eigenvalue weighted by Gasteiger charge is 2.25. The van der Waals surface area contributed by atoms with Crippen molar-refractivity contribution in [2.45, 2.75) is 13.5 Å². The van der Waals surface area contributed by atoms with Crippen molar-refractivity contribution >= 4 is 17.9 Å². The Morgan fingerprint density at radius 1 is 0.967 bits per heavy atom. The fourth-order valence-electron chi connectivity index (χ4n) is 3.12. The lowest BCUT2D eigenvalue weighted by Gasteiger charge is -2.11. The van der Waals surface area contributed by atoms with Crippen molar-refractivity contribution in [2.24, 2.45) is 4.99 Å². The Hall–Kier alpha value is -3.86. The number of nitrogens with zero attached hydrogens (tertiary/aromatic N) is 1. The number of cyclic esters (lactones) is 1. The van der Waals surface area contributed by atoms with E-state index in [-0.39, 0.29) is 5.70 Å². The number of aliphatic imine (C=N–C) groups is 1. The third-order valence-electron chi connectivity index (χ3n) is 4.72. The summed E-state index contributed by atoms with van der Waals surface area (Å²) >= 11 is 0. The van der Waals surface area contributed by atoms with Gasteiger partial charge in [-0.3, -0.25) is 0 Å². The van der Waals surface area contributed by atoms with E-state index in [0.29, 0.717) is 24.0 Å². The molecule has 0 radical (unpaired) electrons.